The summed E-state index contributed by atoms with van der Waals surface area (Å²) in [6.07, 6.45) is 13.4. The van der Waals surface area contributed by atoms with Crippen LogP contribution in [0.2, 0.25) is 0 Å². The fraction of sp³-hybridized carbons (Fsp3) is 0.727. The Morgan fingerprint density at radius 1 is 0.909 bits per heavy atom. The maximum atomic E-state index is 2.57. The maximum absolute atomic E-state index is 2.57. The molecule has 1 aromatic carbocycles. The average molecular weight is 301 g/mol. The predicted molar refractivity (Wildman–Crippen MR) is 98.8 cm³/mol. The first-order valence-corrected chi connectivity index (χ1v) is 9.85. The molecule has 1 aromatic rings. The van der Waals surface area contributed by atoms with Gasteiger partial charge in [-0.2, -0.15) is 0 Å². The van der Waals surface area contributed by atoms with E-state index in [9.17, 15) is 0 Å². The molecule has 0 fully saturated rings. The molecule has 0 spiro atoms. The van der Waals surface area contributed by atoms with Crippen LogP contribution in [0.4, 0.5) is 0 Å². The van der Waals surface area contributed by atoms with Crippen LogP contribution >= 0.6 is 0 Å². The van der Waals surface area contributed by atoms with Gasteiger partial charge in [0.05, 0.1) is 0 Å². The molecule has 22 heavy (non-hydrogen) atoms. The Morgan fingerprint density at radius 3 is 2.36 bits per heavy atom. The highest BCUT2D eigenvalue weighted by atomic mass is 14.3. The quantitative estimate of drug-likeness (QED) is 0.438. The molecule has 1 aliphatic rings. The van der Waals surface area contributed by atoms with E-state index in [1.807, 2.05) is 0 Å². The first-order valence-electron chi connectivity index (χ1n) is 9.85. The highest BCUT2D eigenvalue weighted by molar-refractivity contribution is 5.45. The SMILES string of the molecule is CCCCCCc1cc(CCCC)cc2c1CC(C)C2CC. The Labute approximate surface area is 138 Å². The molecule has 0 nitrogen and oxygen atoms in total. The standard InChI is InChI=1S/C22H36/c1-5-8-10-11-13-19-15-18(12-9-6-2)16-22-20(7-3)17(4)14-21(19)22/h15-17,20H,5-14H2,1-4H3. The van der Waals surface area contributed by atoms with Gasteiger partial charge in [-0.25, -0.2) is 0 Å². The fourth-order valence-corrected chi connectivity index (χ4v) is 4.29. The van der Waals surface area contributed by atoms with Gasteiger partial charge in [-0.05, 0) is 72.6 Å². The van der Waals surface area contributed by atoms with Crippen molar-refractivity contribution in [1.82, 2.24) is 0 Å². The Kier molecular flexibility index (Phi) is 6.99. The molecule has 0 N–H and O–H groups in total. The number of benzene rings is 1. The Balaban J connectivity index is 2.21. The van der Waals surface area contributed by atoms with Gasteiger partial charge in [-0.1, -0.05) is 65.5 Å². The second kappa shape index (κ2) is 8.75. The van der Waals surface area contributed by atoms with Gasteiger partial charge in [0.1, 0.15) is 0 Å². The van der Waals surface area contributed by atoms with E-state index in [-0.39, 0.29) is 0 Å². The molecule has 0 aromatic heterocycles. The largest absolute Gasteiger partial charge is 0.0654 e. The van der Waals surface area contributed by atoms with Gasteiger partial charge >= 0.3 is 0 Å². The second-order valence-electron chi connectivity index (χ2n) is 7.43. The molecule has 2 rings (SSSR count). The highest BCUT2D eigenvalue weighted by Gasteiger charge is 2.29. The molecule has 2 unspecified atom stereocenters. The summed E-state index contributed by atoms with van der Waals surface area (Å²) in [4.78, 5) is 0. The second-order valence-corrected chi connectivity index (χ2v) is 7.43. The van der Waals surface area contributed by atoms with Gasteiger partial charge in [0.2, 0.25) is 0 Å². The number of hydrogen-bond acceptors (Lipinski definition) is 0. The molecule has 2 atom stereocenters. The minimum Gasteiger partial charge on any atom is -0.0654 e. The van der Waals surface area contributed by atoms with Crippen LogP contribution in [-0.2, 0) is 19.3 Å². The summed E-state index contributed by atoms with van der Waals surface area (Å²) >= 11 is 0. The lowest BCUT2D eigenvalue weighted by Gasteiger charge is -2.16. The molecular weight excluding hydrogens is 264 g/mol. The van der Waals surface area contributed by atoms with E-state index < -0.39 is 0 Å². The van der Waals surface area contributed by atoms with Crippen LogP contribution in [0, 0.1) is 5.92 Å². The van der Waals surface area contributed by atoms with Crippen LogP contribution in [0.1, 0.15) is 101 Å². The van der Waals surface area contributed by atoms with Crippen molar-refractivity contribution in [1.29, 1.82) is 0 Å². The smallest absolute Gasteiger partial charge is 0.0133 e. The minimum atomic E-state index is 0.811. The van der Waals surface area contributed by atoms with Crippen molar-refractivity contribution >= 4 is 0 Å². The molecule has 0 amide bonds. The molecule has 0 heterocycles. The van der Waals surface area contributed by atoms with Crippen LogP contribution in [0.25, 0.3) is 0 Å². The van der Waals surface area contributed by atoms with Crippen molar-refractivity contribution in [2.45, 2.75) is 97.8 Å². The Bertz CT molecular complexity index is 457. The molecule has 0 aliphatic heterocycles. The molecule has 0 bridgehead atoms. The predicted octanol–water partition coefficient (Wildman–Crippen LogP) is 6.84. The third-order valence-electron chi connectivity index (χ3n) is 5.61. The highest BCUT2D eigenvalue weighted by Crippen LogP contribution is 2.42. The Hall–Kier alpha value is -0.780. The number of hydrogen-bond donors (Lipinski definition) is 0. The third kappa shape index (κ3) is 4.15. The molecule has 0 saturated heterocycles. The van der Waals surface area contributed by atoms with Crippen LogP contribution in [0.5, 0.6) is 0 Å². The van der Waals surface area contributed by atoms with E-state index in [0.29, 0.717) is 0 Å². The van der Waals surface area contributed by atoms with E-state index in [1.54, 1.807) is 22.3 Å². The van der Waals surface area contributed by atoms with Gasteiger partial charge in [0.15, 0.2) is 0 Å². The average Bonchev–Trinajstić information content (AvgIpc) is 2.84. The van der Waals surface area contributed by atoms with E-state index in [0.717, 1.165) is 11.8 Å². The van der Waals surface area contributed by atoms with Crippen molar-refractivity contribution in [2.75, 3.05) is 0 Å². The third-order valence-corrected chi connectivity index (χ3v) is 5.61. The van der Waals surface area contributed by atoms with Gasteiger partial charge in [0, 0.05) is 0 Å². The van der Waals surface area contributed by atoms with Gasteiger partial charge in [-0.15, -0.1) is 0 Å². The van der Waals surface area contributed by atoms with Crippen molar-refractivity contribution in [3.05, 3.63) is 34.4 Å². The number of rotatable bonds is 9. The number of aryl methyl sites for hydroxylation is 2. The van der Waals surface area contributed by atoms with Crippen LogP contribution < -0.4 is 0 Å². The molecule has 124 valence electrons. The van der Waals surface area contributed by atoms with Gasteiger partial charge < -0.3 is 0 Å². The molecule has 0 radical (unpaired) electrons. The lowest BCUT2D eigenvalue weighted by Crippen LogP contribution is -2.02. The first-order chi connectivity index (χ1) is 10.7. The van der Waals surface area contributed by atoms with E-state index in [4.69, 9.17) is 0 Å². The summed E-state index contributed by atoms with van der Waals surface area (Å²) in [5.74, 6) is 1.65. The summed E-state index contributed by atoms with van der Waals surface area (Å²) in [7, 11) is 0. The summed E-state index contributed by atoms with van der Waals surface area (Å²) in [6, 6.07) is 5.13. The molecule has 0 heteroatoms. The summed E-state index contributed by atoms with van der Waals surface area (Å²) in [6.45, 7) is 9.43. The molecular formula is C22H36. The normalized spacial score (nSPS) is 20.4. The Morgan fingerprint density at radius 2 is 1.68 bits per heavy atom. The van der Waals surface area contributed by atoms with Crippen molar-refractivity contribution in [3.8, 4) is 0 Å². The topological polar surface area (TPSA) is 0 Å². The summed E-state index contributed by atoms with van der Waals surface area (Å²) in [5, 5.41) is 0. The van der Waals surface area contributed by atoms with E-state index >= 15 is 0 Å². The van der Waals surface area contributed by atoms with Crippen molar-refractivity contribution in [3.63, 3.8) is 0 Å². The van der Waals surface area contributed by atoms with Crippen LogP contribution in [-0.4, -0.2) is 0 Å². The zero-order chi connectivity index (χ0) is 15.9. The lowest BCUT2D eigenvalue weighted by molar-refractivity contribution is 0.486. The molecule has 1 aliphatic carbocycles. The zero-order valence-electron chi connectivity index (χ0n) is 15.4. The van der Waals surface area contributed by atoms with Crippen LogP contribution in [0.15, 0.2) is 12.1 Å². The summed E-state index contributed by atoms with van der Waals surface area (Å²) < 4.78 is 0. The number of unbranched alkanes of at least 4 members (excludes halogenated alkanes) is 4. The summed E-state index contributed by atoms with van der Waals surface area (Å²) in [5.41, 5.74) is 6.76. The minimum absolute atomic E-state index is 0.811. The molecule has 0 saturated carbocycles. The van der Waals surface area contributed by atoms with Crippen LogP contribution in [0.3, 0.4) is 0 Å². The van der Waals surface area contributed by atoms with E-state index in [1.165, 1.54) is 64.2 Å². The first kappa shape index (κ1) is 17.6. The van der Waals surface area contributed by atoms with Crippen molar-refractivity contribution in [2.24, 2.45) is 5.92 Å². The fourth-order valence-electron chi connectivity index (χ4n) is 4.29. The zero-order valence-corrected chi connectivity index (χ0v) is 15.4. The van der Waals surface area contributed by atoms with Gasteiger partial charge in [0.25, 0.3) is 0 Å². The lowest BCUT2D eigenvalue weighted by atomic mass is 9.89. The van der Waals surface area contributed by atoms with E-state index in [2.05, 4.69) is 39.8 Å². The monoisotopic (exact) mass is 300 g/mol. The number of fused-ring (bicyclic) bond motifs is 1. The van der Waals surface area contributed by atoms with Gasteiger partial charge in [-0.3, -0.25) is 0 Å². The van der Waals surface area contributed by atoms with Crippen molar-refractivity contribution < 1.29 is 0 Å². The maximum Gasteiger partial charge on any atom is -0.0133 e.